The molecule has 0 atom stereocenters. The molecule has 2 heterocycles. The van der Waals surface area contributed by atoms with Crippen molar-refractivity contribution in [3.05, 3.63) is 57.0 Å². The molecular formula is C17H15BrFN5O3S2. The summed E-state index contributed by atoms with van der Waals surface area (Å²) in [4.78, 5) is 20.3. The molecule has 0 saturated carbocycles. The highest BCUT2D eigenvalue weighted by Gasteiger charge is 2.23. The molecule has 29 heavy (non-hydrogen) atoms. The maximum Gasteiger partial charge on any atom is 0.277 e. The zero-order valence-electron chi connectivity index (χ0n) is 15.3. The van der Waals surface area contributed by atoms with Crippen molar-refractivity contribution in [2.75, 3.05) is 5.32 Å². The van der Waals surface area contributed by atoms with Gasteiger partial charge in [0.25, 0.3) is 5.91 Å². The zero-order chi connectivity index (χ0) is 21.2. The van der Waals surface area contributed by atoms with E-state index >= 15 is 0 Å². The minimum atomic E-state index is -3.95. The van der Waals surface area contributed by atoms with Gasteiger partial charge in [0.1, 0.15) is 16.5 Å². The Kier molecular flexibility index (Phi) is 6.34. The molecule has 3 aromatic rings. The van der Waals surface area contributed by atoms with Gasteiger partial charge in [0.05, 0.1) is 10.2 Å². The number of benzene rings is 1. The highest BCUT2D eigenvalue weighted by molar-refractivity contribution is 9.10. The van der Waals surface area contributed by atoms with Crippen LogP contribution in [0.1, 0.15) is 40.8 Å². The molecule has 2 aromatic heterocycles. The largest absolute Gasteiger partial charge is 0.295 e. The highest BCUT2D eigenvalue weighted by atomic mass is 79.9. The van der Waals surface area contributed by atoms with Crippen LogP contribution in [0.25, 0.3) is 0 Å². The first kappa shape index (κ1) is 21.4. The molecule has 3 rings (SSSR count). The van der Waals surface area contributed by atoms with E-state index in [0.29, 0.717) is 5.56 Å². The fourth-order valence-corrected chi connectivity index (χ4v) is 4.52. The minimum absolute atomic E-state index is 0.154. The van der Waals surface area contributed by atoms with Crippen LogP contribution in [-0.4, -0.2) is 34.5 Å². The van der Waals surface area contributed by atoms with E-state index in [9.17, 15) is 17.6 Å². The quantitative estimate of drug-likeness (QED) is 0.515. The maximum atomic E-state index is 13.0. The van der Waals surface area contributed by atoms with Crippen molar-refractivity contribution in [3.8, 4) is 0 Å². The van der Waals surface area contributed by atoms with Crippen LogP contribution in [0.15, 0.2) is 40.1 Å². The van der Waals surface area contributed by atoms with Gasteiger partial charge in [-0.25, -0.2) is 22.8 Å². The number of nitrogens with one attached hydrogen (secondary N) is 1. The van der Waals surface area contributed by atoms with Crippen LogP contribution in [0.4, 0.5) is 9.52 Å². The molecule has 0 bridgehead atoms. The van der Waals surface area contributed by atoms with Gasteiger partial charge in [-0.1, -0.05) is 37.3 Å². The highest BCUT2D eigenvalue weighted by Crippen LogP contribution is 2.24. The van der Waals surface area contributed by atoms with Gasteiger partial charge in [0.2, 0.25) is 20.1 Å². The Morgan fingerprint density at radius 2 is 1.93 bits per heavy atom. The van der Waals surface area contributed by atoms with Crippen LogP contribution in [0.2, 0.25) is 0 Å². The summed E-state index contributed by atoms with van der Waals surface area (Å²) in [7, 11) is -3.95. The lowest BCUT2D eigenvalue weighted by Gasteiger charge is -2.07. The number of amides is 1. The summed E-state index contributed by atoms with van der Waals surface area (Å²) >= 11 is 4.38. The van der Waals surface area contributed by atoms with Crippen LogP contribution in [0.3, 0.4) is 0 Å². The normalized spacial score (nSPS) is 11.6. The van der Waals surface area contributed by atoms with Crippen molar-refractivity contribution in [2.24, 2.45) is 0 Å². The summed E-state index contributed by atoms with van der Waals surface area (Å²) < 4.78 is 38.5. The lowest BCUT2D eigenvalue weighted by atomic mass is 10.2. The Balaban J connectivity index is 1.84. The molecule has 0 radical (unpaired) electrons. The summed E-state index contributed by atoms with van der Waals surface area (Å²) in [6.07, 6.45) is 1.19. The lowest BCUT2D eigenvalue weighted by molar-refractivity contribution is 0.102. The number of carbonyl (C=O) groups excluding carboxylic acids is 1. The number of nitrogens with zero attached hydrogens (tertiary/aromatic N) is 4. The van der Waals surface area contributed by atoms with E-state index in [1.54, 1.807) is 0 Å². The van der Waals surface area contributed by atoms with Crippen LogP contribution in [-0.2, 0) is 15.6 Å². The fraction of sp³-hybridized carbons (Fsp3) is 0.235. The molecule has 152 valence electrons. The monoisotopic (exact) mass is 499 g/mol. The van der Waals surface area contributed by atoms with Crippen molar-refractivity contribution in [1.82, 2.24) is 20.2 Å². The van der Waals surface area contributed by atoms with E-state index in [1.807, 2.05) is 13.8 Å². The summed E-state index contributed by atoms with van der Waals surface area (Å²) in [5.41, 5.74) is 0.220. The summed E-state index contributed by atoms with van der Waals surface area (Å²) in [6.45, 7) is 3.90. The summed E-state index contributed by atoms with van der Waals surface area (Å²) in [5, 5.41) is 11.0. The van der Waals surface area contributed by atoms with Gasteiger partial charge in [-0.3, -0.25) is 10.1 Å². The van der Waals surface area contributed by atoms with Crippen molar-refractivity contribution >= 4 is 48.1 Å². The first-order valence-electron chi connectivity index (χ1n) is 8.30. The molecule has 0 aliphatic rings. The summed E-state index contributed by atoms with van der Waals surface area (Å²) in [5.74, 6) is -1.39. The molecule has 0 aliphatic heterocycles. The first-order valence-corrected chi connectivity index (χ1v) is 11.6. The molecule has 12 heteroatoms. The number of rotatable bonds is 6. The van der Waals surface area contributed by atoms with Crippen molar-refractivity contribution in [1.29, 1.82) is 0 Å². The molecular weight excluding hydrogens is 485 g/mol. The van der Waals surface area contributed by atoms with Gasteiger partial charge < -0.3 is 0 Å². The topological polar surface area (TPSA) is 115 Å². The third-order valence-electron chi connectivity index (χ3n) is 3.64. The Morgan fingerprint density at radius 1 is 1.24 bits per heavy atom. The van der Waals surface area contributed by atoms with Gasteiger partial charge in [-0.15, -0.1) is 10.2 Å². The third-order valence-corrected chi connectivity index (χ3v) is 6.83. The molecule has 0 saturated heterocycles. The van der Waals surface area contributed by atoms with E-state index in [2.05, 4.69) is 41.4 Å². The average molecular weight is 500 g/mol. The van der Waals surface area contributed by atoms with Gasteiger partial charge in [0, 0.05) is 12.1 Å². The molecule has 1 amide bonds. The number of hydrogen-bond donors (Lipinski definition) is 1. The van der Waals surface area contributed by atoms with Crippen molar-refractivity contribution in [3.63, 3.8) is 0 Å². The summed E-state index contributed by atoms with van der Waals surface area (Å²) in [6, 6.07) is 5.06. The van der Waals surface area contributed by atoms with Crippen LogP contribution in [0, 0.1) is 5.82 Å². The Labute approximate surface area is 178 Å². The second-order valence-electron chi connectivity index (χ2n) is 6.29. The van der Waals surface area contributed by atoms with Gasteiger partial charge in [0.15, 0.2) is 0 Å². The average Bonchev–Trinajstić information content (AvgIpc) is 3.12. The van der Waals surface area contributed by atoms with Crippen LogP contribution >= 0.6 is 27.3 Å². The van der Waals surface area contributed by atoms with E-state index in [-0.39, 0.29) is 21.2 Å². The number of aromatic nitrogens is 4. The standard InChI is InChI=1S/C17H15BrFN5O3S2/c1-9(2)15-23-24-16(28-15)22-14(25)13-12(18)7-20-17(21-13)29(26,27)8-10-3-5-11(19)6-4-10/h3-7,9H,8H2,1-2H3,(H,22,24,25). The van der Waals surface area contributed by atoms with Crippen molar-refractivity contribution in [2.45, 2.75) is 30.7 Å². The van der Waals surface area contributed by atoms with Crippen LogP contribution in [0.5, 0.6) is 0 Å². The maximum absolute atomic E-state index is 13.0. The van der Waals surface area contributed by atoms with E-state index in [4.69, 9.17) is 0 Å². The first-order chi connectivity index (χ1) is 13.7. The SMILES string of the molecule is CC(C)c1nnc(NC(=O)c2nc(S(=O)(=O)Cc3ccc(F)cc3)ncc2Br)s1. The van der Waals surface area contributed by atoms with E-state index in [1.165, 1.54) is 41.8 Å². The Hall–Kier alpha value is -2.31. The molecule has 0 unspecified atom stereocenters. The molecule has 0 aliphatic carbocycles. The second-order valence-corrected chi connectivity index (χ2v) is 10.0. The Morgan fingerprint density at radius 3 is 2.55 bits per heavy atom. The third kappa shape index (κ3) is 5.19. The predicted octanol–water partition coefficient (Wildman–Crippen LogP) is 3.58. The van der Waals surface area contributed by atoms with Crippen molar-refractivity contribution < 1.29 is 17.6 Å². The molecule has 1 aromatic carbocycles. The molecule has 0 fully saturated rings. The fourth-order valence-electron chi connectivity index (χ4n) is 2.20. The zero-order valence-corrected chi connectivity index (χ0v) is 18.5. The second kappa shape index (κ2) is 8.59. The van der Waals surface area contributed by atoms with Gasteiger partial charge in [-0.05, 0) is 33.6 Å². The lowest BCUT2D eigenvalue weighted by Crippen LogP contribution is -2.18. The minimum Gasteiger partial charge on any atom is -0.295 e. The van der Waals surface area contributed by atoms with Crippen LogP contribution < -0.4 is 5.32 Å². The molecule has 8 nitrogen and oxygen atoms in total. The predicted molar refractivity (Wildman–Crippen MR) is 109 cm³/mol. The number of anilines is 1. The number of carbonyl (C=O) groups is 1. The van der Waals surface area contributed by atoms with Gasteiger partial charge >= 0.3 is 0 Å². The number of sulfone groups is 1. The molecule has 1 N–H and O–H groups in total. The molecule has 0 spiro atoms. The number of halogens is 2. The Bertz CT molecular complexity index is 1150. The number of hydrogen-bond acceptors (Lipinski definition) is 8. The van der Waals surface area contributed by atoms with E-state index < -0.39 is 32.5 Å². The van der Waals surface area contributed by atoms with Gasteiger partial charge in [-0.2, -0.15) is 0 Å². The smallest absolute Gasteiger partial charge is 0.277 e. The van der Waals surface area contributed by atoms with E-state index in [0.717, 1.165) is 5.01 Å².